The number of carbonyl (C=O) groups excluding carboxylic acids is 1. The first kappa shape index (κ1) is 29.8. The molecule has 1 aliphatic rings. The highest BCUT2D eigenvalue weighted by atomic mass is 32.1. The maximum Gasteiger partial charge on any atom is 0.271 e. The number of allylic oxidation sites excluding steroid dienone is 1. The number of methoxy groups -OCH3 is 1. The summed E-state index contributed by atoms with van der Waals surface area (Å²) in [5.74, 6) is 1.31. The molecule has 0 saturated heterocycles. The summed E-state index contributed by atoms with van der Waals surface area (Å²) < 4.78 is 13.8. The van der Waals surface area contributed by atoms with E-state index in [4.69, 9.17) is 14.1 Å². The van der Waals surface area contributed by atoms with Crippen LogP contribution in [0, 0.1) is 10.1 Å². The zero-order chi connectivity index (χ0) is 31.8. The van der Waals surface area contributed by atoms with Crippen LogP contribution in [-0.2, 0) is 4.79 Å². The van der Waals surface area contributed by atoms with E-state index in [1.54, 1.807) is 53.8 Å². The summed E-state index contributed by atoms with van der Waals surface area (Å²) in [7, 11) is 1.58. The average Bonchev–Trinajstić information content (AvgIpc) is 3.64. The van der Waals surface area contributed by atoms with Gasteiger partial charge < -0.3 is 14.1 Å². The monoisotopic (exact) mass is 622 g/mol. The van der Waals surface area contributed by atoms with Gasteiger partial charge in [-0.1, -0.05) is 41.7 Å². The fourth-order valence-electron chi connectivity index (χ4n) is 5.75. The topological polar surface area (TPSA) is 120 Å². The maximum absolute atomic E-state index is 14.3. The standard InChI is InChI=1S/C34H30N4O6S/c1-5-36(6-2)33(40)29-20(3)35-34-37(31(29)30-25-10-8-7-9-21(25)13-17-27(30)43-4)32(39)28(45-34)19-24-16-18-26(44-24)22-11-14-23(15-12-22)38(41)42/h7-19,31H,5-6H2,1-4H3/b28-19+/t31-/m1/s1. The Morgan fingerprint density at radius 3 is 2.51 bits per heavy atom. The second-order valence-corrected chi connectivity index (χ2v) is 11.5. The average molecular weight is 623 g/mol. The van der Waals surface area contributed by atoms with Crippen LogP contribution in [0.1, 0.15) is 38.1 Å². The fourth-order valence-corrected chi connectivity index (χ4v) is 6.77. The van der Waals surface area contributed by atoms with Crippen LogP contribution >= 0.6 is 11.3 Å². The van der Waals surface area contributed by atoms with Crippen LogP contribution in [0.4, 0.5) is 5.69 Å². The Morgan fingerprint density at radius 2 is 1.82 bits per heavy atom. The predicted molar refractivity (Wildman–Crippen MR) is 173 cm³/mol. The van der Waals surface area contributed by atoms with Gasteiger partial charge in [0.2, 0.25) is 0 Å². The molecule has 45 heavy (non-hydrogen) atoms. The van der Waals surface area contributed by atoms with Gasteiger partial charge in [0.25, 0.3) is 17.2 Å². The van der Waals surface area contributed by atoms with Gasteiger partial charge in [-0.15, -0.1) is 0 Å². The number of hydrogen-bond acceptors (Lipinski definition) is 8. The van der Waals surface area contributed by atoms with Crippen molar-refractivity contribution in [2.75, 3.05) is 20.2 Å². The van der Waals surface area contributed by atoms with Crippen molar-refractivity contribution in [2.45, 2.75) is 26.8 Å². The Morgan fingerprint density at radius 1 is 1.09 bits per heavy atom. The Labute approximate surface area is 262 Å². The van der Waals surface area contributed by atoms with Crippen molar-refractivity contribution in [3.05, 3.63) is 125 Å². The lowest BCUT2D eigenvalue weighted by Gasteiger charge is -2.30. The highest BCUT2D eigenvalue weighted by Gasteiger charge is 2.36. The highest BCUT2D eigenvalue weighted by molar-refractivity contribution is 7.07. The van der Waals surface area contributed by atoms with E-state index >= 15 is 0 Å². The van der Waals surface area contributed by atoms with Gasteiger partial charge in [-0.2, -0.15) is 0 Å². The van der Waals surface area contributed by atoms with Crippen LogP contribution in [0.25, 0.3) is 28.2 Å². The Kier molecular flexibility index (Phi) is 7.94. The molecular weight excluding hydrogens is 592 g/mol. The van der Waals surface area contributed by atoms with Gasteiger partial charge in [0.15, 0.2) is 4.80 Å². The summed E-state index contributed by atoms with van der Waals surface area (Å²) in [6.07, 6.45) is 1.65. The number of carbonyl (C=O) groups is 1. The minimum absolute atomic E-state index is 0.0156. The molecule has 10 nitrogen and oxygen atoms in total. The number of nitrogens with zero attached hydrogens (tertiary/aromatic N) is 4. The number of ether oxygens (including phenoxy) is 1. The summed E-state index contributed by atoms with van der Waals surface area (Å²) in [5, 5.41) is 12.9. The van der Waals surface area contributed by atoms with Gasteiger partial charge in [-0.25, -0.2) is 4.99 Å². The molecule has 0 fully saturated rings. The molecule has 3 heterocycles. The lowest BCUT2D eigenvalue weighted by Crippen LogP contribution is -2.43. The maximum atomic E-state index is 14.3. The number of furan rings is 1. The van der Waals surface area contributed by atoms with Crippen LogP contribution in [0.5, 0.6) is 5.75 Å². The molecule has 3 aromatic carbocycles. The summed E-state index contributed by atoms with van der Waals surface area (Å²) in [6.45, 7) is 6.67. The Balaban J connectivity index is 1.54. The molecular formula is C34H30N4O6S. The second-order valence-electron chi connectivity index (χ2n) is 10.5. The molecule has 0 aliphatic carbocycles. The summed E-state index contributed by atoms with van der Waals surface area (Å²) >= 11 is 1.22. The Bertz CT molecular complexity index is 2170. The van der Waals surface area contributed by atoms with Crippen molar-refractivity contribution in [2.24, 2.45) is 4.99 Å². The van der Waals surface area contributed by atoms with Gasteiger partial charge in [-0.3, -0.25) is 24.3 Å². The molecule has 228 valence electrons. The van der Waals surface area contributed by atoms with Gasteiger partial charge in [0, 0.05) is 42.4 Å². The molecule has 1 amide bonds. The van der Waals surface area contributed by atoms with E-state index in [2.05, 4.69) is 0 Å². The quantitative estimate of drug-likeness (QED) is 0.168. The molecule has 1 atom stereocenters. The molecule has 0 bridgehead atoms. The van der Waals surface area contributed by atoms with Gasteiger partial charge >= 0.3 is 0 Å². The molecule has 0 saturated carbocycles. The molecule has 11 heteroatoms. The van der Waals surface area contributed by atoms with Gasteiger partial charge in [0.1, 0.15) is 23.3 Å². The van der Waals surface area contributed by atoms with Crippen molar-refractivity contribution < 1.29 is 18.9 Å². The number of likely N-dealkylation sites (N-methyl/N-ethyl adjacent to an activating group) is 1. The van der Waals surface area contributed by atoms with Crippen molar-refractivity contribution in [3.8, 4) is 17.1 Å². The van der Waals surface area contributed by atoms with E-state index in [1.165, 1.54) is 23.5 Å². The van der Waals surface area contributed by atoms with Crippen LogP contribution < -0.4 is 19.6 Å². The van der Waals surface area contributed by atoms with Crippen molar-refractivity contribution in [3.63, 3.8) is 0 Å². The largest absolute Gasteiger partial charge is 0.496 e. The molecule has 2 aromatic heterocycles. The third kappa shape index (κ3) is 5.25. The van der Waals surface area contributed by atoms with E-state index in [9.17, 15) is 19.7 Å². The van der Waals surface area contributed by atoms with Gasteiger partial charge in [-0.05, 0) is 61.9 Å². The number of rotatable bonds is 8. The number of thiazole rings is 1. The Hall–Kier alpha value is -5.29. The third-order valence-corrected chi connectivity index (χ3v) is 8.97. The van der Waals surface area contributed by atoms with E-state index in [1.807, 2.05) is 50.2 Å². The highest BCUT2D eigenvalue weighted by Crippen LogP contribution is 2.40. The first-order valence-electron chi connectivity index (χ1n) is 14.5. The third-order valence-electron chi connectivity index (χ3n) is 7.99. The molecule has 0 N–H and O–H groups in total. The lowest BCUT2D eigenvalue weighted by atomic mass is 9.90. The van der Waals surface area contributed by atoms with Crippen molar-refractivity contribution in [1.82, 2.24) is 9.47 Å². The number of fused-ring (bicyclic) bond motifs is 2. The number of aromatic nitrogens is 1. The predicted octanol–water partition coefficient (Wildman–Crippen LogP) is 5.43. The zero-order valence-electron chi connectivity index (χ0n) is 25.1. The molecule has 0 radical (unpaired) electrons. The molecule has 1 aliphatic heterocycles. The van der Waals surface area contributed by atoms with E-state index in [0.29, 0.717) is 62.1 Å². The molecule has 5 aromatic rings. The first-order valence-corrected chi connectivity index (χ1v) is 15.3. The minimum Gasteiger partial charge on any atom is -0.496 e. The fraction of sp³-hybridized carbons (Fsp3) is 0.206. The summed E-state index contributed by atoms with van der Waals surface area (Å²) in [4.78, 5) is 45.9. The first-order chi connectivity index (χ1) is 21.7. The van der Waals surface area contributed by atoms with Crippen LogP contribution in [0.15, 0.2) is 98.3 Å². The summed E-state index contributed by atoms with van der Waals surface area (Å²) in [5.41, 5.74) is 2.01. The van der Waals surface area contributed by atoms with E-state index in [0.717, 1.165) is 10.8 Å². The minimum atomic E-state index is -0.787. The molecule has 0 unspecified atom stereocenters. The SMILES string of the molecule is CCN(CC)C(=O)C1=C(C)N=c2s/c(=C/c3ccc(-c4ccc([N+](=O)[O-])cc4)o3)c(=O)n2[C@H]1c1c(OC)ccc2ccccc12. The zero-order valence-corrected chi connectivity index (χ0v) is 26.0. The smallest absolute Gasteiger partial charge is 0.271 e. The van der Waals surface area contributed by atoms with E-state index in [-0.39, 0.29) is 17.2 Å². The van der Waals surface area contributed by atoms with Crippen molar-refractivity contribution in [1.29, 1.82) is 0 Å². The van der Waals surface area contributed by atoms with E-state index < -0.39 is 11.0 Å². The lowest BCUT2D eigenvalue weighted by molar-refractivity contribution is -0.384. The van der Waals surface area contributed by atoms with Crippen molar-refractivity contribution >= 4 is 39.8 Å². The molecule has 0 spiro atoms. The number of amides is 1. The number of non-ortho nitro benzene ring substituents is 1. The number of hydrogen-bond donors (Lipinski definition) is 0. The number of nitro benzene ring substituents is 1. The number of nitro groups is 1. The van der Waals surface area contributed by atoms with Crippen LogP contribution in [0.3, 0.4) is 0 Å². The van der Waals surface area contributed by atoms with Gasteiger partial charge in [0.05, 0.1) is 27.8 Å². The summed E-state index contributed by atoms with van der Waals surface area (Å²) in [6, 6.07) is 20.4. The normalized spacial score (nSPS) is 14.8. The molecule has 6 rings (SSSR count). The second kappa shape index (κ2) is 12.0. The van der Waals surface area contributed by atoms with Crippen LogP contribution in [-0.4, -0.2) is 40.5 Å². The number of benzene rings is 3. The van der Waals surface area contributed by atoms with Crippen LogP contribution in [0.2, 0.25) is 0 Å².